The highest BCUT2D eigenvalue weighted by Crippen LogP contribution is 2.33. The molecular weight excluding hydrogens is 216 g/mol. The minimum Gasteiger partial charge on any atom is -0.287 e. The Bertz CT molecular complexity index is 521. The van der Waals surface area contributed by atoms with Crippen molar-refractivity contribution in [2.75, 3.05) is 13.6 Å². The molecule has 1 fully saturated rings. The molecule has 0 radical (unpaired) electrons. The van der Waals surface area contributed by atoms with Crippen LogP contribution in [0.25, 0.3) is 0 Å². The molecule has 2 heterocycles. The van der Waals surface area contributed by atoms with E-state index in [1.807, 2.05) is 30.3 Å². The molecule has 1 saturated heterocycles. The number of amides is 2. The van der Waals surface area contributed by atoms with E-state index in [0.717, 1.165) is 11.3 Å². The first-order valence-corrected chi connectivity index (χ1v) is 5.61. The van der Waals surface area contributed by atoms with E-state index in [0.29, 0.717) is 6.54 Å². The van der Waals surface area contributed by atoms with Crippen LogP contribution >= 0.6 is 0 Å². The number of hydrogen-bond donors (Lipinski definition) is 0. The fourth-order valence-corrected chi connectivity index (χ4v) is 2.55. The first-order chi connectivity index (χ1) is 8.20. The SMILES string of the molecule is CN1C(=O)C2CN=C(c3ccccc3)C2C1=O. The Morgan fingerprint density at radius 2 is 1.88 bits per heavy atom. The fourth-order valence-electron chi connectivity index (χ4n) is 2.55. The molecule has 1 aromatic rings. The van der Waals surface area contributed by atoms with Crippen LogP contribution in [-0.4, -0.2) is 36.0 Å². The van der Waals surface area contributed by atoms with Gasteiger partial charge in [0.1, 0.15) is 0 Å². The van der Waals surface area contributed by atoms with E-state index in [2.05, 4.69) is 4.99 Å². The van der Waals surface area contributed by atoms with Crippen LogP contribution in [0.15, 0.2) is 35.3 Å². The molecule has 4 nitrogen and oxygen atoms in total. The van der Waals surface area contributed by atoms with Crippen LogP contribution in [0.3, 0.4) is 0 Å². The number of imide groups is 1. The van der Waals surface area contributed by atoms with Crippen LogP contribution in [0, 0.1) is 11.8 Å². The lowest BCUT2D eigenvalue weighted by Crippen LogP contribution is -2.29. The van der Waals surface area contributed by atoms with Crippen LogP contribution in [0.1, 0.15) is 5.56 Å². The second kappa shape index (κ2) is 3.52. The van der Waals surface area contributed by atoms with Gasteiger partial charge in [0.15, 0.2) is 0 Å². The second-order valence-corrected chi connectivity index (χ2v) is 4.41. The van der Waals surface area contributed by atoms with Gasteiger partial charge in [-0.2, -0.15) is 0 Å². The average Bonchev–Trinajstić information content (AvgIpc) is 2.88. The van der Waals surface area contributed by atoms with Gasteiger partial charge in [0, 0.05) is 7.05 Å². The molecule has 0 N–H and O–H groups in total. The summed E-state index contributed by atoms with van der Waals surface area (Å²) in [4.78, 5) is 29.4. The average molecular weight is 228 g/mol. The quantitative estimate of drug-likeness (QED) is 0.665. The molecule has 0 bridgehead atoms. The van der Waals surface area contributed by atoms with Crippen molar-refractivity contribution in [2.45, 2.75) is 0 Å². The summed E-state index contributed by atoms with van der Waals surface area (Å²) in [7, 11) is 1.55. The van der Waals surface area contributed by atoms with Crippen LogP contribution in [0.5, 0.6) is 0 Å². The fraction of sp³-hybridized carbons (Fsp3) is 0.308. The Hall–Kier alpha value is -1.97. The number of rotatable bonds is 1. The van der Waals surface area contributed by atoms with Gasteiger partial charge < -0.3 is 0 Å². The minimum atomic E-state index is -0.366. The normalized spacial score (nSPS) is 27.4. The van der Waals surface area contributed by atoms with Gasteiger partial charge in [-0.3, -0.25) is 19.5 Å². The van der Waals surface area contributed by atoms with E-state index in [1.54, 1.807) is 7.05 Å². The van der Waals surface area contributed by atoms with Gasteiger partial charge in [-0.05, 0) is 5.56 Å². The van der Waals surface area contributed by atoms with Crippen molar-refractivity contribution in [1.82, 2.24) is 4.90 Å². The number of nitrogens with zero attached hydrogens (tertiary/aromatic N) is 2. The van der Waals surface area contributed by atoms with Crippen molar-refractivity contribution in [3.8, 4) is 0 Å². The number of likely N-dealkylation sites (tertiary alicyclic amines) is 1. The standard InChI is InChI=1S/C13H12N2O2/c1-15-12(16)9-7-14-11(10(9)13(15)17)8-5-3-2-4-6-8/h2-6,9-10H,7H2,1H3. The zero-order chi connectivity index (χ0) is 12.0. The third-order valence-corrected chi connectivity index (χ3v) is 3.47. The van der Waals surface area contributed by atoms with Crippen molar-refractivity contribution in [2.24, 2.45) is 16.8 Å². The first kappa shape index (κ1) is 10.2. The Kier molecular flexibility index (Phi) is 2.11. The molecule has 17 heavy (non-hydrogen) atoms. The van der Waals surface area contributed by atoms with Crippen LogP contribution in [0.2, 0.25) is 0 Å². The molecule has 2 aliphatic heterocycles. The van der Waals surface area contributed by atoms with E-state index in [9.17, 15) is 9.59 Å². The molecule has 1 aromatic carbocycles. The molecule has 0 aromatic heterocycles. The molecule has 2 atom stereocenters. The molecule has 86 valence electrons. The van der Waals surface area contributed by atoms with E-state index in [-0.39, 0.29) is 23.7 Å². The van der Waals surface area contributed by atoms with E-state index >= 15 is 0 Å². The van der Waals surface area contributed by atoms with Crippen molar-refractivity contribution in [3.63, 3.8) is 0 Å². The third-order valence-electron chi connectivity index (χ3n) is 3.47. The summed E-state index contributed by atoms with van der Waals surface area (Å²) in [5, 5.41) is 0. The summed E-state index contributed by atoms with van der Waals surface area (Å²) < 4.78 is 0. The summed E-state index contributed by atoms with van der Waals surface area (Å²) in [5.74, 6) is -0.868. The van der Waals surface area contributed by atoms with Gasteiger partial charge >= 0.3 is 0 Å². The van der Waals surface area contributed by atoms with Crippen molar-refractivity contribution >= 4 is 17.5 Å². The smallest absolute Gasteiger partial charge is 0.238 e. The third kappa shape index (κ3) is 1.33. The van der Waals surface area contributed by atoms with Gasteiger partial charge in [-0.1, -0.05) is 30.3 Å². The van der Waals surface area contributed by atoms with Gasteiger partial charge in [0.05, 0.1) is 24.1 Å². The number of hydrogen-bond acceptors (Lipinski definition) is 3. The van der Waals surface area contributed by atoms with Crippen LogP contribution < -0.4 is 0 Å². The zero-order valence-electron chi connectivity index (χ0n) is 9.46. The Balaban J connectivity index is 2.01. The molecule has 0 spiro atoms. The maximum absolute atomic E-state index is 12.0. The Labute approximate surface area is 99.0 Å². The number of fused-ring (bicyclic) bond motifs is 1. The minimum absolute atomic E-state index is 0.102. The first-order valence-electron chi connectivity index (χ1n) is 5.61. The number of aliphatic imine (C=N–C) groups is 1. The summed E-state index contributed by atoms with van der Waals surface area (Å²) in [6.45, 7) is 0.434. The van der Waals surface area contributed by atoms with Crippen molar-refractivity contribution in [3.05, 3.63) is 35.9 Å². The van der Waals surface area contributed by atoms with E-state index in [1.165, 1.54) is 4.90 Å². The highest BCUT2D eigenvalue weighted by atomic mass is 16.2. The predicted molar refractivity (Wildman–Crippen MR) is 62.6 cm³/mol. The van der Waals surface area contributed by atoms with Gasteiger partial charge in [-0.15, -0.1) is 0 Å². The topological polar surface area (TPSA) is 49.7 Å². The molecule has 2 aliphatic rings. The molecule has 0 aliphatic carbocycles. The monoisotopic (exact) mass is 228 g/mol. The predicted octanol–water partition coefficient (Wildman–Crippen LogP) is 0.720. The van der Waals surface area contributed by atoms with E-state index in [4.69, 9.17) is 0 Å². The summed E-state index contributed by atoms with van der Waals surface area (Å²) in [5.41, 5.74) is 1.70. The number of carbonyl (C=O) groups is 2. The highest BCUT2D eigenvalue weighted by molar-refractivity contribution is 6.22. The van der Waals surface area contributed by atoms with Gasteiger partial charge in [0.2, 0.25) is 11.8 Å². The summed E-state index contributed by atoms with van der Waals surface area (Å²) in [6.07, 6.45) is 0. The lowest BCUT2D eigenvalue weighted by molar-refractivity contribution is -0.137. The maximum atomic E-state index is 12.0. The number of carbonyl (C=O) groups excluding carboxylic acids is 2. The lowest BCUT2D eigenvalue weighted by Gasteiger charge is -2.09. The molecular formula is C13H12N2O2. The number of benzene rings is 1. The van der Waals surface area contributed by atoms with Gasteiger partial charge in [-0.25, -0.2) is 0 Å². The highest BCUT2D eigenvalue weighted by Gasteiger charge is 2.51. The van der Waals surface area contributed by atoms with Crippen molar-refractivity contribution < 1.29 is 9.59 Å². The van der Waals surface area contributed by atoms with Gasteiger partial charge in [0.25, 0.3) is 0 Å². The van der Waals surface area contributed by atoms with E-state index < -0.39 is 0 Å². The van der Waals surface area contributed by atoms with Crippen LogP contribution in [-0.2, 0) is 9.59 Å². The second-order valence-electron chi connectivity index (χ2n) is 4.41. The molecule has 4 heteroatoms. The summed E-state index contributed by atoms with van der Waals surface area (Å²) >= 11 is 0. The lowest BCUT2D eigenvalue weighted by atomic mass is 9.90. The Morgan fingerprint density at radius 3 is 2.59 bits per heavy atom. The maximum Gasteiger partial charge on any atom is 0.238 e. The van der Waals surface area contributed by atoms with Crippen LogP contribution in [0.4, 0.5) is 0 Å². The molecule has 0 saturated carbocycles. The Morgan fingerprint density at radius 1 is 1.18 bits per heavy atom. The molecule has 2 unspecified atom stereocenters. The summed E-state index contributed by atoms with van der Waals surface area (Å²) in [6, 6.07) is 9.60. The molecule has 2 amide bonds. The molecule has 3 rings (SSSR count). The zero-order valence-corrected chi connectivity index (χ0v) is 9.46. The van der Waals surface area contributed by atoms with Crippen molar-refractivity contribution in [1.29, 1.82) is 0 Å². The largest absolute Gasteiger partial charge is 0.287 e.